The zero-order chi connectivity index (χ0) is 11.8. The lowest BCUT2D eigenvalue weighted by molar-refractivity contribution is 0.611. The Morgan fingerprint density at radius 2 is 2.25 bits per heavy atom. The van der Waals surface area contributed by atoms with Gasteiger partial charge in [-0.1, -0.05) is 36.8 Å². The van der Waals surface area contributed by atoms with Crippen molar-refractivity contribution in [3.05, 3.63) is 28.8 Å². The Morgan fingerprint density at radius 1 is 1.56 bits per heavy atom. The van der Waals surface area contributed by atoms with Crippen LogP contribution in [0.3, 0.4) is 0 Å². The largest absolute Gasteiger partial charge is 0.389 e. The first-order valence-corrected chi connectivity index (χ1v) is 6.13. The normalized spacial score (nSPS) is 16.9. The monoisotopic (exact) mass is 254 g/mol. The van der Waals surface area contributed by atoms with Crippen LogP contribution in [0.25, 0.3) is 0 Å². The van der Waals surface area contributed by atoms with E-state index in [0.717, 1.165) is 17.8 Å². The quantitative estimate of drug-likeness (QED) is 0.811. The molecule has 1 saturated carbocycles. The minimum absolute atomic E-state index is 0.342. The minimum Gasteiger partial charge on any atom is -0.389 e. The van der Waals surface area contributed by atoms with Crippen LogP contribution in [0, 0.1) is 5.41 Å². The highest BCUT2D eigenvalue weighted by atomic mass is 35.5. The molecule has 2 rings (SSSR count). The van der Waals surface area contributed by atoms with E-state index in [9.17, 15) is 0 Å². The second-order valence-corrected chi connectivity index (χ2v) is 5.54. The smallest absolute Gasteiger partial charge is 0.107 e. The molecule has 0 spiro atoms. The molecular weight excluding hydrogens is 240 g/mol. The van der Waals surface area contributed by atoms with E-state index in [0.29, 0.717) is 15.4 Å². The minimum atomic E-state index is 0.342. The average molecular weight is 255 g/mol. The van der Waals surface area contributed by atoms with E-state index in [4.69, 9.17) is 29.6 Å². The van der Waals surface area contributed by atoms with Crippen molar-refractivity contribution < 1.29 is 0 Å². The molecule has 0 amide bonds. The summed E-state index contributed by atoms with van der Waals surface area (Å²) in [6.07, 6.45) is 2.56. The molecule has 1 aliphatic carbocycles. The van der Waals surface area contributed by atoms with Crippen molar-refractivity contribution in [2.24, 2.45) is 11.1 Å². The number of thiocarbonyl (C=S) groups is 1. The van der Waals surface area contributed by atoms with Crippen LogP contribution in [-0.2, 0) is 0 Å². The van der Waals surface area contributed by atoms with Crippen LogP contribution in [-0.4, -0.2) is 11.5 Å². The maximum atomic E-state index is 6.08. The summed E-state index contributed by atoms with van der Waals surface area (Å²) >= 11 is 11.1. The van der Waals surface area contributed by atoms with Gasteiger partial charge in [0.15, 0.2) is 0 Å². The maximum absolute atomic E-state index is 6.08. The summed E-state index contributed by atoms with van der Waals surface area (Å²) in [6, 6.07) is 5.67. The van der Waals surface area contributed by atoms with Crippen molar-refractivity contribution in [1.82, 2.24) is 0 Å². The van der Waals surface area contributed by atoms with E-state index >= 15 is 0 Å². The number of rotatable bonds is 4. The van der Waals surface area contributed by atoms with Crippen LogP contribution >= 0.6 is 23.8 Å². The van der Waals surface area contributed by atoms with Crippen LogP contribution in [0.1, 0.15) is 25.3 Å². The van der Waals surface area contributed by atoms with Gasteiger partial charge in [0.25, 0.3) is 0 Å². The van der Waals surface area contributed by atoms with Crippen molar-refractivity contribution >= 4 is 34.5 Å². The van der Waals surface area contributed by atoms with Crippen molar-refractivity contribution in [3.8, 4) is 0 Å². The van der Waals surface area contributed by atoms with E-state index in [2.05, 4.69) is 12.2 Å². The van der Waals surface area contributed by atoms with Crippen LogP contribution < -0.4 is 11.1 Å². The topological polar surface area (TPSA) is 38.0 Å². The standard InChI is InChI=1S/C12H15ClN2S/c1-12(5-6-12)7-15-9-4-2-3-8(13)10(9)11(14)16/h2-4,15H,5-7H2,1H3,(H2,14,16). The molecule has 0 unspecified atom stereocenters. The van der Waals surface area contributed by atoms with E-state index in [1.54, 1.807) is 6.07 Å². The molecule has 1 aliphatic rings. The number of nitrogens with one attached hydrogen (secondary N) is 1. The Kier molecular flexibility index (Phi) is 3.08. The Balaban J connectivity index is 2.19. The van der Waals surface area contributed by atoms with Gasteiger partial charge in [0.2, 0.25) is 0 Å². The van der Waals surface area contributed by atoms with Gasteiger partial charge in [0, 0.05) is 12.2 Å². The van der Waals surface area contributed by atoms with Crippen LogP contribution in [0.2, 0.25) is 5.02 Å². The Labute approximate surface area is 106 Å². The molecule has 1 fully saturated rings. The Bertz CT molecular complexity index is 427. The van der Waals surface area contributed by atoms with Crippen LogP contribution in [0.15, 0.2) is 18.2 Å². The molecule has 0 saturated heterocycles. The number of anilines is 1. The predicted octanol–water partition coefficient (Wildman–Crippen LogP) is 3.19. The van der Waals surface area contributed by atoms with Gasteiger partial charge in [-0.15, -0.1) is 0 Å². The summed E-state index contributed by atoms with van der Waals surface area (Å²) in [5.74, 6) is 0. The lowest BCUT2D eigenvalue weighted by atomic mass is 10.1. The van der Waals surface area contributed by atoms with E-state index in [-0.39, 0.29) is 0 Å². The summed E-state index contributed by atoms with van der Waals surface area (Å²) in [7, 11) is 0. The first-order chi connectivity index (χ1) is 7.52. The first kappa shape index (κ1) is 11.7. The average Bonchev–Trinajstić information content (AvgIpc) is 2.94. The third-order valence-electron chi connectivity index (χ3n) is 3.07. The summed E-state index contributed by atoms with van der Waals surface area (Å²) < 4.78 is 0. The van der Waals surface area contributed by atoms with Gasteiger partial charge in [0.1, 0.15) is 4.99 Å². The number of hydrogen-bond donors (Lipinski definition) is 2. The number of benzene rings is 1. The highest BCUT2D eigenvalue weighted by Gasteiger charge is 2.36. The van der Waals surface area contributed by atoms with Gasteiger partial charge in [-0.2, -0.15) is 0 Å². The van der Waals surface area contributed by atoms with Gasteiger partial charge in [0.05, 0.1) is 10.6 Å². The highest BCUT2D eigenvalue weighted by molar-refractivity contribution is 7.80. The molecule has 0 aliphatic heterocycles. The molecule has 2 nitrogen and oxygen atoms in total. The van der Waals surface area contributed by atoms with Crippen molar-refractivity contribution in [1.29, 1.82) is 0 Å². The molecule has 0 aromatic heterocycles. The zero-order valence-electron chi connectivity index (χ0n) is 9.22. The summed E-state index contributed by atoms with van der Waals surface area (Å²) in [5, 5.41) is 4.00. The fourth-order valence-electron chi connectivity index (χ4n) is 1.62. The molecule has 0 atom stereocenters. The molecule has 0 bridgehead atoms. The van der Waals surface area contributed by atoms with Gasteiger partial charge < -0.3 is 11.1 Å². The molecule has 3 N–H and O–H groups in total. The molecule has 0 radical (unpaired) electrons. The fraction of sp³-hybridized carbons (Fsp3) is 0.417. The molecule has 1 aromatic carbocycles. The Morgan fingerprint density at radius 3 is 2.81 bits per heavy atom. The molecule has 86 valence electrons. The van der Waals surface area contributed by atoms with Gasteiger partial charge >= 0.3 is 0 Å². The lowest BCUT2D eigenvalue weighted by Gasteiger charge is -2.15. The molecule has 16 heavy (non-hydrogen) atoms. The Hall–Kier alpha value is -0.800. The summed E-state index contributed by atoms with van der Waals surface area (Å²) in [6.45, 7) is 3.22. The number of hydrogen-bond acceptors (Lipinski definition) is 2. The molecule has 4 heteroatoms. The number of halogens is 1. The first-order valence-electron chi connectivity index (χ1n) is 5.34. The highest BCUT2D eigenvalue weighted by Crippen LogP contribution is 2.45. The zero-order valence-corrected chi connectivity index (χ0v) is 10.8. The summed E-state index contributed by atoms with van der Waals surface area (Å²) in [5.41, 5.74) is 7.81. The van der Waals surface area contributed by atoms with Gasteiger partial charge in [-0.05, 0) is 30.4 Å². The second-order valence-electron chi connectivity index (χ2n) is 4.69. The molecule has 0 heterocycles. The fourth-order valence-corrected chi connectivity index (χ4v) is 2.17. The van der Waals surface area contributed by atoms with E-state index < -0.39 is 0 Å². The SMILES string of the molecule is CC1(CNc2cccc(Cl)c2C(N)=S)CC1. The maximum Gasteiger partial charge on any atom is 0.107 e. The van der Waals surface area contributed by atoms with E-state index in [1.165, 1.54) is 12.8 Å². The molecule has 1 aromatic rings. The van der Waals surface area contributed by atoms with Gasteiger partial charge in [-0.25, -0.2) is 0 Å². The van der Waals surface area contributed by atoms with Crippen LogP contribution in [0.5, 0.6) is 0 Å². The van der Waals surface area contributed by atoms with Gasteiger partial charge in [-0.3, -0.25) is 0 Å². The van der Waals surface area contributed by atoms with Crippen LogP contribution in [0.4, 0.5) is 5.69 Å². The molecular formula is C12H15ClN2S. The third kappa shape index (κ3) is 2.47. The van der Waals surface area contributed by atoms with Crippen molar-refractivity contribution in [2.45, 2.75) is 19.8 Å². The van der Waals surface area contributed by atoms with E-state index in [1.807, 2.05) is 12.1 Å². The number of nitrogens with two attached hydrogens (primary N) is 1. The van der Waals surface area contributed by atoms with Crippen molar-refractivity contribution in [2.75, 3.05) is 11.9 Å². The third-order valence-corrected chi connectivity index (χ3v) is 3.59. The summed E-state index contributed by atoms with van der Waals surface area (Å²) in [4.78, 5) is 0.342. The second kappa shape index (κ2) is 4.22. The lowest BCUT2D eigenvalue weighted by Crippen LogP contribution is -2.17. The predicted molar refractivity (Wildman–Crippen MR) is 73.2 cm³/mol. The van der Waals surface area contributed by atoms with Crippen molar-refractivity contribution in [3.63, 3.8) is 0 Å².